The summed E-state index contributed by atoms with van der Waals surface area (Å²) in [5.41, 5.74) is 2.48. The molecular weight excluding hydrogens is 440 g/mol. The summed E-state index contributed by atoms with van der Waals surface area (Å²) < 4.78 is 5.22. The molecule has 180 valence electrons. The Balaban J connectivity index is 1.62. The zero-order valence-corrected chi connectivity index (χ0v) is 20.5. The van der Waals surface area contributed by atoms with Crippen LogP contribution >= 0.6 is 0 Å². The molecule has 4 rings (SSSR count). The number of benzene rings is 3. The van der Waals surface area contributed by atoms with Crippen molar-refractivity contribution in [2.45, 2.75) is 31.2 Å². The summed E-state index contributed by atoms with van der Waals surface area (Å²) in [5, 5.41) is 0. The van der Waals surface area contributed by atoms with E-state index in [9.17, 15) is 14.4 Å². The van der Waals surface area contributed by atoms with Crippen LogP contribution in [0.1, 0.15) is 36.9 Å². The number of hydrogen-bond donors (Lipinski definition) is 0. The maximum Gasteiger partial charge on any atom is 0.240 e. The smallest absolute Gasteiger partial charge is 0.240 e. The van der Waals surface area contributed by atoms with Crippen LogP contribution in [0.15, 0.2) is 78.9 Å². The summed E-state index contributed by atoms with van der Waals surface area (Å²) in [7, 11) is 4.82. The van der Waals surface area contributed by atoms with Gasteiger partial charge in [-0.2, -0.15) is 0 Å². The molecule has 0 aliphatic carbocycles. The Morgan fingerprint density at radius 1 is 0.971 bits per heavy atom. The van der Waals surface area contributed by atoms with Gasteiger partial charge in [-0.05, 0) is 41.3 Å². The average Bonchev–Trinajstić information content (AvgIpc) is 3.12. The second-order valence-corrected chi connectivity index (χ2v) is 9.09. The van der Waals surface area contributed by atoms with Crippen LogP contribution in [-0.2, 0) is 19.8 Å². The van der Waals surface area contributed by atoms with E-state index in [4.69, 9.17) is 4.74 Å². The number of carbonyl (C=O) groups excluding carboxylic acids is 3. The Bertz CT molecular complexity index is 1220. The van der Waals surface area contributed by atoms with Gasteiger partial charge in [0.25, 0.3) is 0 Å². The number of carbonyl (C=O) groups is 3. The normalized spacial score (nSPS) is 18.5. The molecule has 1 fully saturated rings. The number of amides is 3. The molecule has 0 saturated carbocycles. The predicted molar refractivity (Wildman–Crippen MR) is 135 cm³/mol. The molecule has 6 heteroatoms. The van der Waals surface area contributed by atoms with Gasteiger partial charge in [0.1, 0.15) is 5.75 Å². The Hall–Kier alpha value is -3.93. The molecule has 1 aliphatic heterocycles. The number of hydrogen-bond acceptors (Lipinski definition) is 4. The molecule has 1 aliphatic rings. The minimum Gasteiger partial charge on any atom is -0.497 e. The average molecular weight is 471 g/mol. The molecule has 1 heterocycles. The fourth-order valence-corrected chi connectivity index (χ4v) is 4.67. The molecule has 0 aromatic heterocycles. The van der Waals surface area contributed by atoms with E-state index in [1.165, 1.54) is 7.05 Å². The van der Waals surface area contributed by atoms with Crippen molar-refractivity contribution in [1.29, 1.82) is 0 Å². The summed E-state index contributed by atoms with van der Waals surface area (Å²) >= 11 is 0. The molecule has 0 bridgehead atoms. The summed E-state index contributed by atoms with van der Waals surface area (Å²) in [6.07, 6.45) is -0.104. The first kappa shape index (κ1) is 24.2. The molecule has 35 heavy (non-hydrogen) atoms. The third kappa shape index (κ3) is 4.56. The van der Waals surface area contributed by atoms with Crippen LogP contribution in [-0.4, -0.2) is 48.7 Å². The zero-order chi connectivity index (χ0) is 25.2. The van der Waals surface area contributed by atoms with E-state index >= 15 is 0 Å². The van der Waals surface area contributed by atoms with Crippen LogP contribution in [0.2, 0.25) is 0 Å². The second kappa shape index (κ2) is 9.74. The highest BCUT2D eigenvalue weighted by atomic mass is 16.5. The van der Waals surface area contributed by atoms with E-state index in [1.807, 2.05) is 85.8 Å². The van der Waals surface area contributed by atoms with Gasteiger partial charge in [-0.25, -0.2) is 0 Å². The van der Waals surface area contributed by atoms with Crippen molar-refractivity contribution in [3.63, 3.8) is 0 Å². The highest BCUT2D eigenvalue weighted by Crippen LogP contribution is 2.41. The third-order valence-electron chi connectivity index (χ3n) is 7.11. The summed E-state index contributed by atoms with van der Waals surface area (Å²) in [6.45, 7) is 1.94. The number of methoxy groups -OCH3 is 1. The molecule has 3 amide bonds. The van der Waals surface area contributed by atoms with E-state index in [-0.39, 0.29) is 36.6 Å². The summed E-state index contributed by atoms with van der Waals surface area (Å²) in [4.78, 5) is 42.2. The molecular formula is C29H30N2O4. The Labute approximate surface area is 206 Å². The Morgan fingerprint density at radius 3 is 2.11 bits per heavy atom. The quantitative estimate of drug-likeness (QED) is 0.474. The highest BCUT2D eigenvalue weighted by molar-refractivity contribution is 6.10. The SMILES string of the molecule is COc1ccc(C(C)N(C)C(=O)CC2(c3ccc(-c4ccccc4)cc3)CC(=O)N(C)C2=O)cc1. The third-order valence-corrected chi connectivity index (χ3v) is 7.11. The van der Waals surface area contributed by atoms with Gasteiger partial charge in [0, 0.05) is 26.9 Å². The number of nitrogens with zero attached hydrogens (tertiary/aromatic N) is 2. The molecule has 3 aromatic carbocycles. The molecule has 0 spiro atoms. The topological polar surface area (TPSA) is 66.9 Å². The van der Waals surface area contributed by atoms with Crippen LogP contribution in [0.25, 0.3) is 11.1 Å². The fraction of sp³-hybridized carbons (Fsp3) is 0.276. The standard InChI is InChI=1S/C29H30N2O4/c1-20(21-12-16-25(35-4)17-13-21)30(2)26(32)18-29(19-27(33)31(3)28(29)34)24-14-10-23(11-15-24)22-8-6-5-7-9-22/h5-17,20H,18-19H2,1-4H3. The van der Waals surface area contributed by atoms with Crippen LogP contribution in [0.3, 0.4) is 0 Å². The van der Waals surface area contributed by atoms with E-state index < -0.39 is 5.41 Å². The first-order valence-electron chi connectivity index (χ1n) is 11.6. The largest absolute Gasteiger partial charge is 0.497 e. The van der Waals surface area contributed by atoms with Gasteiger partial charge in [-0.15, -0.1) is 0 Å². The first-order valence-corrected chi connectivity index (χ1v) is 11.6. The van der Waals surface area contributed by atoms with Crippen molar-refractivity contribution in [1.82, 2.24) is 9.80 Å². The molecule has 1 saturated heterocycles. The molecule has 6 nitrogen and oxygen atoms in total. The number of likely N-dealkylation sites (N-methyl/N-ethyl adjacent to an activating group) is 1. The molecule has 0 N–H and O–H groups in total. The zero-order valence-electron chi connectivity index (χ0n) is 20.5. The van der Waals surface area contributed by atoms with Crippen molar-refractivity contribution >= 4 is 17.7 Å². The van der Waals surface area contributed by atoms with Crippen molar-refractivity contribution in [3.05, 3.63) is 90.0 Å². The van der Waals surface area contributed by atoms with E-state index in [1.54, 1.807) is 19.1 Å². The lowest BCUT2D eigenvalue weighted by Gasteiger charge is -2.31. The lowest BCUT2D eigenvalue weighted by Crippen LogP contribution is -2.42. The van der Waals surface area contributed by atoms with Crippen molar-refractivity contribution in [2.24, 2.45) is 0 Å². The van der Waals surface area contributed by atoms with Gasteiger partial charge in [-0.3, -0.25) is 19.3 Å². The van der Waals surface area contributed by atoms with Gasteiger partial charge in [0.15, 0.2) is 0 Å². The number of ether oxygens (including phenoxy) is 1. The maximum atomic E-state index is 13.5. The van der Waals surface area contributed by atoms with Crippen LogP contribution in [0.5, 0.6) is 5.75 Å². The van der Waals surface area contributed by atoms with Crippen molar-refractivity contribution < 1.29 is 19.1 Å². The number of imide groups is 1. The minimum atomic E-state index is -1.22. The predicted octanol–water partition coefficient (Wildman–Crippen LogP) is 4.60. The molecule has 2 unspecified atom stereocenters. The van der Waals surface area contributed by atoms with Crippen LogP contribution < -0.4 is 4.74 Å². The first-order chi connectivity index (χ1) is 16.8. The fourth-order valence-electron chi connectivity index (χ4n) is 4.67. The summed E-state index contributed by atoms with van der Waals surface area (Å²) in [5.74, 6) is -0.0718. The van der Waals surface area contributed by atoms with E-state index in [0.717, 1.165) is 27.3 Å². The molecule has 2 atom stereocenters. The number of likely N-dealkylation sites (tertiary alicyclic amines) is 1. The van der Waals surface area contributed by atoms with Crippen molar-refractivity contribution in [3.8, 4) is 16.9 Å². The van der Waals surface area contributed by atoms with Crippen LogP contribution in [0, 0.1) is 0 Å². The van der Waals surface area contributed by atoms with Crippen LogP contribution in [0.4, 0.5) is 0 Å². The Morgan fingerprint density at radius 2 is 1.57 bits per heavy atom. The number of rotatable bonds is 7. The Kier molecular flexibility index (Phi) is 6.74. The van der Waals surface area contributed by atoms with E-state index in [2.05, 4.69) is 0 Å². The molecule has 3 aromatic rings. The minimum absolute atomic E-state index is 0.0243. The maximum absolute atomic E-state index is 13.5. The van der Waals surface area contributed by atoms with Gasteiger partial charge >= 0.3 is 0 Å². The molecule has 0 radical (unpaired) electrons. The van der Waals surface area contributed by atoms with Crippen molar-refractivity contribution in [2.75, 3.05) is 21.2 Å². The summed E-state index contributed by atoms with van der Waals surface area (Å²) in [6, 6.07) is 24.9. The second-order valence-electron chi connectivity index (χ2n) is 9.09. The van der Waals surface area contributed by atoms with Gasteiger partial charge in [-0.1, -0.05) is 66.7 Å². The van der Waals surface area contributed by atoms with Gasteiger partial charge < -0.3 is 9.64 Å². The lowest BCUT2D eigenvalue weighted by atomic mass is 9.75. The van der Waals surface area contributed by atoms with E-state index in [0.29, 0.717) is 5.56 Å². The van der Waals surface area contributed by atoms with Gasteiger partial charge in [0.05, 0.1) is 18.6 Å². The highest BCUT2D eigenvalue weighted by Gasteiger charge is 2.53. The lowest BCUT2D eigenvalue weighted by molar-refractivity contribution is -0.141. The van der Waals surface area contributed by atoms with Gasteiger partial charge in [0.2, 0.25) is 17.7 Å². The monoisotopic (exact) mass is 470 g/mol.